The Hall–Kier alpha value is -0.490. The van der Waals surface area contributed by atoms with E-state index in [1.165, 1.54) is 19.8 Å². The molecule has 5 nitrogen and oxygen atoms in total. The number of carbonyl (C=O) groups is 1. The molecule has 0 rings (SSSR count). The van der Waals surface area contributed by atoms with Crippen LogP contribution in [0, 0.1) is 0 Å². The number of aldehydes is 1. The molecular formula is C15H34O5. The molecule has 0 aliphatic carbocycles. The number of aliphatic hydroxyl groups is 2. The smallest absolute Gasteiger partial charge is 0.154 e. The molecule has 2 N–H and O–H groups in total. The maximum atomic E-state index is 9.68. The molecular weight excluding hydrogens is 260 g/mol. The lowest BCUT2D eigenvalue weighted by Crippen LogP contribution is -2.11. The van der Waals surface area contributed by atoms with Crippen LogP contribution in [-0.4, -0.2) is 48.7 Å². The summed E-state index contributed by atoms with van der Waals surface area (Å²) in [7, 11) is 0. The van der Waals surface area contributed by atoms with Crippen molar-refractivity contribution in [3.63, 3.8) is 0 Å². The van der Waals surface area contributed by atoms with Crippen LogP contribution in [0.15, 0.2) is 0 Å². The zero-order chi connectivity index (χ0) is 16.2. The first-order chi connectivity index (χ1) is 9.49. The Kier molecular flexibility index (Phi) is 28.9. The van der Waals surface area contributed by atoms with Gasteiger partial charge in [0.2, 0.25) is 0 Å². The molecule has 0 amide bonds. The van der Waals surface area contributed by atoms with Gasteiger partial charge in [-0.2, -0.15) is 0 Å². The number of ether oxygens (including phenoxy) is 2. The summed E-state index contributed by atoms with van der Waals surface area (Å²) < 4.78 is 10.1. The Bertz CT molecular complexity index is 156. The first-order valence-corrected chi connectivity index (χ1v) is 7.45. The van der Waals surface area contributed by atoms with Crippen LogP contribution < -0.4 is 0 Å². The van der Waals surface area contributed by atoms with E-state index < -0.39 is 6.10 Å². The molecule has 0 aliphatic rings. The number of aliphatic hydroxyl groups excluding tert-OH is 2. The fourth-order valence-electron chi connectivity index (χ4n) is 0.995. The fraction of sp³-hybridized carbons (Fsp3) is 0.933. The summed E-state index contributed by atoms with van der Waals surface area (Å²) in [4.78, 5) is 9.68. The van der Waals surface area contributed by atoms with Gasteiger partial charge in [-0.05, 0) is 34.1 Å². The first-order valence-electron chi connectivity index (χ1n) is 7.45. The van der Waals surface area contributed by atoms with E-state index in [0.717, 1.165) is 32.3 Å². The molecule has 0 aromatic heterocycles. The zero-order valence-electron chi connectivity index (χ0n) is 13.8. The predicted octanol–water partition coefficient (Wildman–Crippen LogP) is 2.53. The molecule has 0 fully saturated rings. The van der Waals surface area contributed by atoms with E-state index in [4.69, 9.17) is 19.7 Å². The second kappa shape index (κ2) is 23.6. The predicted molar refractivity (Wildman–Crippen MR) is 81.7 cm³/mol. The van der Waals surface area contributed by atoms with Gasteiger partial charge >= 0.3 is 0 Å². The Balaban J connectivity index is -0.000000223. The summed E-state index contributed by atoms with van der Waals surface area (Å²) in [6.45, 7) is 10.8. The van der Waals surface area contributed by atoms with E-state index in [0.29, 0.717) is 0 Å². The van der Waals surface area contributed by atoms with Gasteiger partial charge in [0.15, 0.2) is 6.29 Å². The van der Waals surface area contributed by atoms with Crippen LogP contribution in [0.1, 0.15) is 60.3 Å². The Labute approximate surface area is 124 Å². The summed E-state index contributed by atoms with van der Waals surface area (Å²) in [6.07, 6.45) is 4.59. The van der Waals surface area contributed by atoms with Crippen LogP contribution in [0.3, 0.4) is 0 Å². The standard InChI is InChI=1S/C6H14O2.C6H12O.C3H8O2/c1-4-7-6(3)8-5-2;1-2-3-4-5-6-7;1-3(5)2-4/h6H,4-5H2,1-3H3;6H,2-5H2,1H3;3-5H,2H2,1H3. The second-order valence-corrected chi connectivity index (χ2v) is 4.17. The zero-order valence-corrected chi connectivity index (χ0v) is 13.8. The molecule has 0 radical (unpaired) electrons. The highest BCUT2D eigenvalue weighted by Gasteiger charge is 1.94. The van der Waals surface area contributed by atoms with Gasteiger partial charge in [0, 0.05) is 19.6 Å². The molecule has 0 bridgehead atoms. The van der Waals surface area contributed by atoms with Crippen LogP contribution in [0.4, 0.5) is 0 Å². The Morgan fingerprint density at radius 1 is 1.05 bits per heavy atom. The minimum atomic E-state index is -0.560. The third-order valence-electron chi connectivity index (χ3n) is 1.99. The quantitative estimate of drug-likeness (QED) is 0.388. The monoisotopic (exact) mass is 294 g/mol. The van der Waals surface area contributed by atoms with Crippen LogP contribution >= 0.6 is 0 Å². The topological polar surface area (TPSA) is 76.0 Å². The van der Waals surface area contributed by atoms with Crippen molar-refractivity contribution in [3.8, 4) is 0 Å². The minimum absolute atomic E-state index is 0.0370. The number of hydrogen-bond acceptors (Lipinski definition) is 5. The molecule has 0 saturated heterocycles. The van der Waals surface area contributed by atoms with Crippen molar-refractivity contribution in [1.82, 2.24) is 0 Å². The highest BCUT2D eigenvalue weighted by Crippen LogP contribution is 1.94. The van der Waals surface area contributed by atoms with E-state index >= 15 is 0 Å². The first kappa shape index (κ1) is 24.5. The Morgan fingerprint density at radius 2 is 1.50 bits per heavy atom. The molecule has 0 aliphatic heterocycles. The van der Waals surface area contributed by atoms with Gasteiger partial charge < -0.3 is 24.5 Å². The van der Waals surface area contributed by atoms with E-state index in [2.05, 4.69) is 6.92 Å². The van der Waals surface area contributed by atoms with Crippen molar-refractivity contribution >= 4 is 6.29 Å². The maximum Gasteiger partial charge on any atom is 0.154 e. The van der Waals surface area contributed by atoms with Crippen molar-refractivity contribution in [2.75, 3.05) is 19.8 Å². The second-order valence-electron chi connectivity index (χ2n) is 4.17. The number of hydrogen-bond donors (Lipinski definition) is 2. The number of unbranched alkanes of at least 4 members (excludes halogenated alkanes) is 3. The summed E-state index contributed by atoms with van der Waals surface area (Å²) in [6, 6.07) is 0. The average molecular weight is 294 g/mol. The SMILES string of the molecule is CC(O)CO.CCCCCC=O.CCOC(C)OCC. The molecule has 0 aromatic rings. The molecule has 0 aromatic carbocycles. The van der Waals surface area contributed by atoms with Crippen molar-refractivity contribution in [2.45, 2.75) is 72.7 Å². The molecule has 1 unspecified atom stereocenters. The lowest BCUT2D eigenvalue weighted by atomic mass is 10.2. The average Bonchev–Trinajstić information content (AvgIpc) is 2.41. The van der Waals surface area contributed by atoms with E-state index in [9.17, 15) is 4.79 Å². The summed E-state index contributed by atoms with van der Waals surface area (Å²) in [5.41, 5.74) is 0. The third kappa shape index (κ3) is 36.0. The summed E-state index contributed by atoms with van der Waals surface area (Å²) in [5, 5.41) is 16.0. The molecule has 20 heavy (non-hydrogen) atoms. The molecule has 0 saturated carbocycles. The van der Waals surface area contributed by atoms with E-state index in [1.54, 1.807) is 0 Å². The highest BCUT2D eigenvalue weighted by atomic mass is 16.7. The van der Waals surface area contributed by atoms with E-state index in [1.807, 2.05) is 20.8 Å². The summed E-state index contributed by atoms with van der Waals surface area (Å²) in [5.74, 6) is 0. The number of carbonyl (C=O) groups excluding carboxylic acids is 1. The van der Waals surface area contributed by atoms with E-state index in [-0.39, 0.29) is 12.9 Å². The van der Waals surface area contributed by atoms with Gasteiger partial charge in [-0.1, -0.05) is 19.8 Å². The maximum absolute atomic E-state index is 9.68. The minimum Gasteiger partial charge on any atom is -0.394 e. The summed E-state index contributed by atoms with van der Waals surface area (Å²) >= 11 is 0. The van der Waals surface area contributed by atoms with Crippen LogP contribution in [-0.2, 0) is 14.3 Å². The van der Waals surface area contributed by atoms with Crippen molar-refractivity contribution in [1.29, 1.82) is 0 Å². The van der Waals surface area contributed by atoms with Crippen LogP contribution in [0.5, 0.6) is 0 Å². The molecule has 0 spiro atoms. The molecule has 0 heterocycles. The van der Waals surface area contributed by atoms with Gasteiger partial charge in [0.05, 0.1) is 12.7 Å². The fourth-order valence-corrected chi connectivity index (χ4v) is 0.995. The van der Waals surface area contributed by atoms with Gasteiger partial charge in [-0.3, -0.25) is 0 Å². The van der Waals surface area contributed by atoms with Gasteiger partial charge in [-0.15, -0.1) is 0 Å². The molecule has 5 heteroatoms. The van der Waals surface area contributed by atoms with Crippen LogP contribution in [0.2, 0.25) is 0 Å². The molecule has 1 atom stereocenters. The van der Waals surface area contributed by atoms with Gasteiger partial charge in [0.25, 0.3) is 0 Å². The third-order valence-corrected chi connectivity index (χ3v) is 1.99. The number of rotatable bonds is 9. The van der Waals surface area contributed by atoms with Gasteiger partial charge in [0.1, 0.15) is 6.29 Å². The normalized spacial score (nSPS) is 11.0. The van der Waals surface area contributed by atoms with Crippen molar-refractivity contribution in [3.05, 3.63) is 0 Å². The van der Waals surface area contributed by atoms with Crippen LogP contribution in [0.25, 0.3) is 0 Å². The highest BCUT2D eigenvalue weighted by molar-refractivity contribution is 5.48. The largest absolute Gasteiger partial charge is 0.394 e. The lowest BCUT2D eigenvalue weighted by Gasteiger charge is -2.09. The van der Waals surface area contributed by atoms with Crippen molar-refractivity contribution < 1.29 is 24.5 Å². The van der Waals surface area contributed by atoms with Gasteiger partial charge in [-0.25, -0.2) is 0 Å². The Morgan fingerprint density at radius 3 is 1.75 bits per heavy atom. The lowest BCUT2D eigenvalue weighted by molar-refractivity contribution is -0.123. The van der Waals surface area contributed by atoms with Crippen molar-refractivity contribution in [2.24, 2.45) is 0 Å². The molecule has 124 valence electrons.